The Morgan fingerprint density at radius 2 is 2.00 bits per heavy atom. The third kappa shape index (κ3) is 4.88. The van der Waals surface area contributed by atoms with Crippen molar-refractivity contribution in [2.24, 2.45) is 10.9 Å². The largest absolute Gasteiger partial charge is 0.342 e. The molecular formula is C19H25N3O4S2. The van der Waals surface area contributed by atoms with Crippen molar-refractivity contribution in [3.63, 3.8) is 0 Å². The molecule has 3 rings (SSSR count). The van der Waals surface area contributed by atoms with Gasteiger partial charge in [-0.25, -0.2) is 8.42 Å². The highest BCUT2D eigenvalue weighted by Crippen LogP contribution is 2.17. The van der Waals surface area contributed by atoms with Crippen LogP contribution in [-0.2, 0) is 26.0 Å². The molecule has 152 valence electrons. The Bertz CT molecular complexity index is 1050. The molecule has 1 aliphatic rings. The highest BCUT2D eigenvalue weighted by atomic mass is 32.2. The van der Waals surface area contributed by atoms with Crippen molar-refractivity contribution in [1.82, 2.24) is 9.47 Å². The fraction of sp³-hybridized carbons (Fsp3) is 0.526. The molecule has 0 N–H and O–H groups in total. The number of amides is 2. The summed E-state index contributed by atoms with van der Waals surface area (Å²) in [4.78, 5) is 30.7. The Balaban J connectivity index is 1.73. The molecule has 1 fully saturated rings. The summed E-state index contributed by atoms with van der Waals surface area (Å²) < 4.78 is 27.6. The lowest BCUT2D eigenvalue weighted by atomic mass is 10.0. The van der Waals surface area contributed by atoms with Crippen LogP contribution < -0.4 is 4.80 Å². The van der Waals surface area contributed by atoms with Gasteiger partial charge in [0.2, 0.25) is 5.91 Å². The summed E-state index contributed by atoms with van der Waals surface area (Å²) >= 11 is 1.35. The number of benzene rings is 1. The first-order chi connectivity index (χ1) is 13.3. The fourth-order valence-corrected chi connectivity index (χ4v) is 5.70. The zero-order valence-corrected chi connectivity index (χ0v) is 17.8. The van der Waals surface area contributed by atoms with Gasteiger partial charge in [0.1, 0.15) is 11.5 Å². The number of aromatic nitrogens is 1. The van der Waals surface area contributed by atoms with E-state index in [1.165, 1.54) is 11.3 Å². The van der Waals surface area contributed by atoms with Crippen molar-refractivity contribution >= 4 is 43.2 Å². The molecule has 0 radical (unpaired) electrons. The maximum atomic E-state index is 12.4. The van der Waals surface area contributed by atoms with E-state index in [9.17, 15) is 18.0 Å². The van der Waals surface area contributed by atoms with Gasteiger partial charge in [-0.15, -0.1) is 0 Å². The number of likely N-dealkylation sites (tertiary alicyclic amines) is 1. The normalized spacial score (nSPS) is 18.6. The predicted molar refractivity (Wildman–Crippen MR) is 110 cm³/mol. The van der Waals surface area contributed by atoms with Gasteiger partial charge in [0.05, 0.1) is 10.2 Å². The van der Waals surface area contributed by atoms with Gasteiger partial charge >= 0.3 is 0 Å². The first kappa shape index (κ1) is 20.7. The maximum absolute atomic E-state index is 12.4. The van der Waals surface area contributed by atoms with Crippen LogP contribution in [0.3, 0.4) is 0 Å². The molecule has 1 saturated heterocycles. The van der Waals surface area contributed by atoms with E-state index in [1.54, 1.807) is 4.90 Å². The molecule has 28 heavy (non-hydrogen) atoms. The first-order valence-electron chi connectivity index (χ1n) is 9.43. The molecule has 1 unspecified atom stereocenters. The zero-order chi connectivity index (χ0) is 20.3. The van der Waals surface area contributed by atoms with Crippen LogP contribution in [0.15, 0.2) is 29.3 Å². The molecule has 0 bridgehead atoms. The Morgan fingerprint density at radius 3 is 2.71 bits per heavy atom. The Hall–Kier alpha value is -2.00. The molecule has 1 aliphatic heterocycles. The lowest BCUT2D eigenvalue weighted by Crippen LogP contribution is -2.42. The van der Waals surface area contributed by atoms with Gasteiger partial charge in [0.15, 0.2) is 14.6 Å². The molecule has 2 heterocycles. The number of piperidine rings is 1. The second-order valence-corrected chi connectivity index (χ2v) is 10.3. The van der Waals surface area contributed by atoms with Crippen molar-refractivity contribution in [2.75, 3.05) is 24.6 Å². The summed E-state index contributed by atoms with van der Waals surface area (Å²) in [6.45, 7) is 5.76. The number of nitrogens with zero attached hydrogens (tertiary/aromatic N) is 3. The van der Waals surface area contributed by atoms with E-state index in [4.69, 9.17) is 0 Å². The van der Waals surface area contributed by atoms with Crippen LogP contribution in [0.4, 0.5) is 0 Å². The van der Waals surface area contributed by atoms with Gasteiger partial charge < -0.3 is 9.47 Å². The second kappa shape index (κ2) is 8.57. The van der Waals surface area contributed by atoms with Crippen molar-refractivity contribution < 1.29 is 18.0 Å². The SMILES string of the molecule is CCn1c(=NC(=O)CS(=O)(=O)CC(=O)N2CCCC(C)C2)sc2ccccc21. The minimum atomic E-state index is -3.86. The quantitative estimate of drug-likeness (QED) is 0.734. The highest BCUT2D eigenvalue weighted by Gasteiger charge is 2.27. The summed E-state index contributed by atoms with van der Waals surface area (Å²) in [7, 11) is -3.86. The van der Waals surface area contributed by atoms with E-state index < -0.39 is 33.2 Å². The van der Waals surface area contributed by atoms with E-state index in [0.717, 1.165) is 23.1 Å². The number of aryl methyl sites for hydroxylation is 1. The molecule has 2 amide bonds. The minimum Gasteiger partial charge on any atom is -0.342 e. The summed E-state index contributed by atoms with van der Waals surface area (Å²) in [5.74, 6) is -2.19. The molecule has 0 saturated carbocycles. The van der Waals surface area contributed by atoms with E-state index in [-0.39, 0.29) is 0 Å². The van der Waals surface area contributed by atoms with Crippen molar-refractivity contribution in [1.29, 1.82) is 0 Å². The predicted octanol–water partition coefficient (Wildman–Crippen LogP) is 1.82. The van der Waals surface area contributed by atoms with E-state index in [1.807, 2.05) is 42.7 Å². The molecule has 7 nitrogen and oxygen atoms in total. The number of hydrogen-bond donors (Lipinski definition) is 0. The number of sulfone groups is 1. The van der Waals surface area contributed by atoms with E-state index in [2.05, 4.69) is 4.99 Å². The van der Waals surface area contributed by atoms with Gasteiger partial charge in [0, 0.05) is 19.6 Å². The molecule has 1 atom stereocenters. The minimum absolute atomic E-state index is 0.370. The lowest BCUT2D eigenvalue weighted by molar-refractivity contribution is -0.130. The van der Waals surface area contributed by atoms with Crippen LogP contribution in [0, 0.1) is 5.92 Å². The monoisotopic (exact) mass is 423 g/mol. The number of carbonyl (C=O) groups excluding carboxylic acids is 2. The number of para-hydroxylation sites is 1. The van der Waals surface area contributed by atoms with Crippen LogP contribution in [-0.4, -0.2) is 54.3 Å². The molecule has 2 aromatic rings. The molecule has 9 heteroatoms. The number of thiazole rings is 1. The smallest absolute Gasteiger partial charge is 0.263 e. The van der Waals surface area contributed by atoms with Crippen molar-refractivity contribution in [3.05, 3.63) is 29.1 Å². The van der Waals surface area contributed by atoms with Gasteiger partial charge in [-0.1, -0.05) is 30.4 Å². The number of hydrogen-bond acceptors (Lipinski definition) is 5. The third-order valence-electron chi connectivity index (χ3n) is 4.82. The van der Waals surface area contributed by atoms with Crippen LogP contribution >= 0.6 is 11.3 Å². The second-order valence-electron chi connectivity index (χ2n) is 7.22. The summed E-state index contributed by atoms with van der Waals surface area (Å²) in [6.07, 6.45) is 1.92. The molecular weight excluding hydrogens is 398 g/mol. The topological polar surface area (TPSA) is 88.8 Å². The van der Waals surface area contributed by atoms with Crippen molar-refractivity contribution in [2.45, 2.75) is 33.2 Å². The number of rotatable bonds is 5. The summed E-state index contributed by atoms with van der Waals surface area (Å²) in [6, 6.07) is 7.69. The van der Waals surface area contributed by atoms with Gasteiger partial charge in [0.25, 0.3) is 5.91 Å². The van der Waals surface area contributed by atoms with Crippen LogP contribution in [0.25, 0.3) is 10.2 Å². The fourth-order valence-electron chi connectivity index (χ4n) is 3.49. The molecule has 1 aromatic carbocycles. The molecule has 0 spiro atoms. The van der Waals surface area contributed by atoms with Gasteiger partial charge in [-0.05, 0) is 37.8 Å². The highest BCUT2D eigenvalue weighted by molar-refractivity contribution is 7.92. The average molecular weight is 424 g/mol. The average Bonchev–Trinajstić information content (AvgIpc) is 2.97. The van der Waals surface area contributed by atoms with Crippen LogP contribution in [0.2, 0.25) is 0 Å². The Morgan fingerprint density at radius 1 is 1.25 bits per heavy atom. The molecule has 1 aromatic heterocycles. The summed E-state index contributed by atoms with van der Waals surface area (Å²) in [5, 5.41) is 0. The van der Waals surface area contributed by atoms with Gasteiger partial charge in [-0.3, -0.25) is 9.59 Å². The van der Waals surface area contributed by atoms with Crippen molar-refractivity contribution in [3.8, 4) is 0 Å². The summed E-state index contributed by atoms with van der Waals surface area (Å²) in [5.41, 5.74) is 0.957. The lowest BCUT2D eigenvalue weighted by Gasteiger charge is -2.30. The number of carbonyl (C=O) groups is 2. The van der Waals surface area contributed by atoms with E-state index >= 15 is 0 Å². The first-order valence-corrected chi connectivity index (χ1v) is 12.1. The van der Waals surface area contributed by atoms with Crippen LogP contribution in [0.5, 0.6) is 0 Å². The third-order valence-corrected chi connectivity index (χ3v) is 7.25. The Kier molecular flexibility index (Phi) is 6.34. The maximum Gasteiger partial charge on any atom is 0.263 e. The molecule has 0 aliphatic carbocycles. The Labute approximate surface area is 168 Å². The van der Waals surface area contributed by atoms with E-state index in [0.29, 0.717) is 30.4 Å². The standard InChI is InChI=1S/C19H25N3O4S2/c1-3-22-15-8-4-5-9-16(15)27-19(22)20-17(23)12-28(25,26)13-18(24)21-10-6-7-14(2)11-21/h4-5,8-9,14H,3,6-7,10-13H2,1-2H3. The van der Waals surface area contributed by atoms with Gasteiger partial charge in [-0.2, -0.15) is 4.99 Å². The van der Waals surface area contributed by atoms with Crippen LogP contribution in [0.1, 0.15) is 26.7 Å². The zero-order valence-electron chi connectivity index (χ0n) is 16.1. The number of fused-ring (bicyclic) bond motifs is 1.